The van der Waals surface area contributed by atoms with Crippen LogP contribution < -0.4 is 5.32 Å². The minimum atomic E-state index is -1.53. The Balaban J connectivity index is 1.61. The molecule has 350 valence electrons. The number of hydrogen-bond acceptors (Lipinski definition) is 16. The van der Waals surface area contributed by atoms with Gasteiger partial charge in [0.1, 0.15) is 24.1 Å². The first-order valence-corrected chi connectivity index (χ1v) is 21.5. The Morgan fingerprint density at radius 3 is 1.77 bits per heavy atom. The quantitative estimate of drug-likeness (QED) is 0.0355. The van der Waals surface area contributed by atoms with Crippen molar-refractivity contribution >= 4 is 11.7 Å². The van der Waals surface area contributed by atoms with Crippen molar-refractivity contribution in [3.63, 3.8) is 0 Å². The molecule has 1 aromatic carbocycles. The molecule has 17 heteroatoms. The fraction of sp³-hybridized carbons (Fsp3) is 0.727. The van der Waals surface area contributed by atoms with E-state index in [1.54, 1.807) is 44.2 Å². The Morgan fingerprint density at radius 2 is 1.21 bits per heavy atom. The normalized spacial score (nSPS) is 25.3. The number of ketones is 1. The summed E-state index contributed by atoms with van der Waals surface area (Å²) in [5.41, 5.74) is 0.549. The fourth-order valence-electron chi connectivity index (χ4n) is 7.16. The number of Topliss-reactive ketones (excluding diaryl/α,β-unsaturated/α-hetero) is 1. The molecular weight excluding hydrogens is 798 g/mol. The second kappa shape index (κ2) is 28.9. The van der Waals surface area contributed by atoms with E-state index in [-0.39, 0.29) is 69.5 Å². The Labute approximate surface area is 359 Å². The van der Waals surface area contributed by atoms with Crippen LogP contribution in [0.25, 0.3) is 0 Å². The largest absolute Gasteiger partial charge is 0.393 e. The maximum Gasteiger partial charge on any atom is 0.251 e. The standard InChI is InChI=1S/C44H73NO16/c1-4-39(61-44-42(58)41(57)40(56)27(3)60-44)26(2)38(55)25-37(54)24-36(53)22-32(49)16-9-15-31(48)21-35(52)23-34(51)20-30(47)14-8-13-29(46)19-33(50)17-10-18-45-43(59)28-11-6-5-7-12-28/h5-9,11-12,14,16,26-27,29-37,39-42,44,46-54,56-58H,4,10,13,15,17-25H2,1-3H3,(H,45,59)/b14-8+,16-9+. The van der Waals surface area contributed by atoms with E-state index < -0.39 is 97.7 Å². The van der Waals surface area contributed by atoms with Gasteiger partial charge in [-0.05, 0) is 76.8 Å². The molecule has 16 unspecified atom stereocenters. The fourth-order valence-corrected chi connectivity index (χ4v) is 7.16. The second-order valence-electron chi connectivity index (χ2n) is 16.4. The van der Waals surface area contributed by atoms with Crippen LogP contribution in [0.5, 0.6) is 0 Å². The Hall–Kier alpha value is -2.72. The second-order valence-corrected chi connectivity index (χ2v) is 16.4. The highest BCUT2D eigenvalue weighted by atomic mass is 16.7. The van der Waals surface area contributed by atoms with Crippen LogP contribution in [0.15, 0.2) is 54.6 Å². The first kappa shape index (κ1) is 54.4. The monoisotopic (exact) mass is 871 g/mol. The summed E-state index contributed by atoms with van der Waals surface area (Å²) in [6, 6.07) is 8.77. The van der Waals surface area contributed by atoms with E-state index in [2.05, 4.69) is 5.32 Å². The summed E-state index contributed by atoms with van der Waals surface area (Å²) in [5.74, 6) is -1.32. The number of nitrogens with one attached hydrogen (secondary N) is 1. The highest BCUT2D eigenvalue weighted by Crippen LogP contribution is 2.26. The highest BCUT2D eigenvalue weighted by molar-refractivity contribution is 5.94. The molecule has 1 saturated heterocycles. The van der Waals surface area contributed by atoms with Crippen molar-refractivity contribution in [2.24, 2.45) is 5.92 Å². The van der Waals surface area contributed by atoms with E-state index >= 15 is 0 Å². The van der Waals surface area contributed by atoms with Crippen LogP contribution >= 0.6 is 0 Å². The molecule has 1 aliphatic rings. The molecule has 16 atom stereocenters. The van der Waals surface area contributed by atoms with Crippen molar-refractivity contribution in [1.82, 2.24) is 5.32 Å². The molecule has 0 aliphatic carbocycles. The molecule has 0 bridgehead atoms. The van der Waals surface area contributed by atoms with E-state index in [0.717, 1.165) is 0 Å². The molecule has 1 fully saturated rings. The van der Waals surface area contributed by atoms with Crippen LogP contribution in [0.2, 0.25) is 0 Å². The molecule has 13 N–H and O–H groups in total. The molecule has 0 aromatic heterocycles. The third kappa shape index (κ3) is 21.5. The van der Waals surface area contributed by atoms with Crippen LogP contribution in [0.1, 0.15) is 108 Å². The van der Waals surface area contributed by atoms with Crippen molar-refractivity contribution in [3.05, 3.63) is 60.2 Å². The molecule has 1 aromatic rings. The number of rotatable bonds is 30. The first-order chi connectivity index (χ1) is 28.8. The van der Waals surface area contributed by atoms with E-state index in [1.165, 1.54) is 25.2 Å². The van der Waals surface area contributed by atoms with Gasteiger partial charge in [0, 0.05) is 37.3 Å². The van der Waals surface area contributed by atoms with E-state index in [1.807, 2.05) is 6.07 Å². The summed E-state index contributed by atoms with van der Waals surface area (Å²) in [6.07, 6.45) is -10.3. The van der Waals surface area contributed by atoms with Gasteiger partial charge in [0.25, 0.3) is 5.91 Å². The predicted octanol–water partition coefficient (Wildman–Crippen LogP) is -0.104. The third-order valence-corrected chi connectivity index (χ3v) is 10.8. The van der Waals surface area contributed by atoms with Crippen LogP contribution in [0.3, 0.4) is 0 Å². The summed E-state index contributed by atoms with van der Waals surface area (Å²) in [7, 11) is 0. The molecule has 0 radical (unpaired) electrons. The van der Waals surface area contributed by atoms with Crippen molar-refractivity contribution in [2.75, 3.05) is 6.54 Å². The van der Waals surface area contributed by atoms with Crippen LogP contribution in [0, 0.1) is 5.92 Å². The number of carbonyl (C=O) groups is 2. The van der Waals surface area contributed by atoms with Gasteiger partial charge in [-0.2, -0.15) is 0 Å². The maximum absolute atomic E-state index is 12.9. The summed E-state index contributed by atoms with van der Waals surface area (Å²) in [6.45, 7) is 5.23. The number of ether oxygens (including phenoxy) is 2. The number of carbonyl (C=O) groups excluding carboxylic acids is 2. The lowest BCUT2D eigenvalue weighted by Gasteiger charge is -2.40. The zero-order valence-electron chi connectivity index (χ0n) is 35.6. The summed E-state index contributed by atoms with van der Waals surface area (Å²) >= 11 is 0. The van der Waals surface area contributed by atoms with Crippen LogP contribution in [-0.4, -0.2) is 171 Å². The summed E-state index contributed by atoms with van der Waals surface area (Å²) in [4.78, 5) is 25.0. The van der Waals surface area contributed by atoms with Gasteiger partial charge in [-0.15, -0.1) is 0 Å². The maximum atomic E-state index is 12.9. The van der Waals surface area contributed by atoms with E-state index in [0.29, 0.717) is 31.4 Å². The van der Waals surface area contributed by atoms with Gasteiger partial charge in [-0.25, -0.2) is 0 Å². The molecule has 17 nitrogen and oxygen atoms in total. The van der Waals surface area contributed by atoms with Gasteiger partial charge in [-0.3, -0.25) is 9.59 Å². The van der Waals surface area contributed by atoms with Gasteiger partial charge in [0.15, 0.2) is 6.29 Å². The number of hydrogen-bond donors (Lipinski definition) is 13. The minimum Gasteiger partial charge on any atom is -0.393 e. The van der Waals surface area contributed by atoms with Crippen molar-refractivity contribution in [3.8, 4) is 0 Å². The molecule has 1 amide bonds. The van der Waals surface area contributed by atoms with Gasteiger partial charge in [-0.1, -0.05) is 56.4 Å². The lowest BCUT2D eigenvalue weighted by atomic mass is 9.91. The Morgan fingerprint density at radius 1 is 0.705 bits per heavy atom. The molecular formula is C44H73NO16. The lowest BCUT2D eigenvalue weighted by Crippen LogP contribution is -2.58. The van der Waals surface area contributed by atoms with Gasteiger partial charge in [0.2, 0.25) is 0 Å². The number of aliphatic hydroxyl groups excluding tert-OH is 12. The number of amides is 1. The SMILES string of the molecule is CCC(OC1OC(C)C(O)C(O)C1O)C(C)C(=O)CC(O)CC(O)CC(O)/C=C/CC(O)CC(O)CC(O)CC(O)/C=C/CC(O)CC(O)CCCNC(=O)c1ccccc1. The molecule has 0 saturated carbocycles. The zero-order chi connectivity index (χ0) is 45.6. The minimum absolute atomic E-state index is 0.0462. The smallest absolute Gasteiger partial charge is 0.251 e. The Bertz CT molecular complexity index is 1420. The summed E-state index contributed by atoms with van der Waals surface area (Å²) in [5, 5.41) is 126. The number of aliphatic hydroxyl groups is 12. The topological polar surface area (TPSA) is 307 Å². The number of benzene rings is 1. The van der Waals surface area contributed by atoms with Gasteiger partial charge >= 0.3 is 0 Å². The van der Waals surface area contributed by atoms with Gasteiger partial charge < -0.3 is 76.1 Å². The van der Waals surface area contributed by atoms with Crippen molar-refractivity contribution < 1.29 is 80.3 Å². The first-order valence-electron chi connectivity index (χ1n) is 21.5. The highest BCUT2D eigenvalue weighted by Gasteiger charge is 2.44. The van der Waals surface area contributed by atoms with Crippen LogP contribution in [-0.2, 0) is 14.3 Å². The lowest BCUT2D eigenvalue weighted by molar-refractivity contribution is -0.306. The third-order valence-electron chi connectivity index (χ3n) is 10.8. The average Bonchev–Trinajstić information content (AvgIpc) is 3.19. The summed E-state index contributed by atoms with van der Waals surface area (Å²) < 4.78 is 11.3. The predicted molar refractivity (Wildman–Crippen MR) is 224 cm³/mol. The Kier molecular flexibility index (Phi) is 25.7. The molecule has 0 spiro atoms. The molecule has 1 aliphatic heterocycles. The zero-order valence-corrected chi connectivity index (χ0v) is 35.6. The molecule has 2 rings (SSSR count). The van der Waals surface area contributed by atoms with Crippen LogP contribution in [0.4, 0.5) is 0 Å². The average molecular weight is 872 g/mol. The van der Waals surface area contributed by atoms with E-state index in [9.17, 15) is 70.9 Å². The van der Waals surface area contributed by atoms with Crippen molar-refractivity contribution in [2.45, 2.75) is 190 Å². The molecule has 1 heterocycles. The van der Waals surface area contributed by atoms with Gasteiger partial charge in [0.05, 0.1) is 67.1 Å². The van der Waals surface area contributed by atoms with E-state index in [4.69, 9.17) is 9.47 Å². The molecule has 61 heavy (non-hydrogen) atoms. The van der Waals surface area contributed by atoms with Crippen molar-refractivity contribution in [1.29, 1.82) is 0 Å².